The zero-order valence-electron chi connectivity index (χ0n) is 11.2. The molecule has 8 heteroatoms. The van der Waals surface area contributed by atoms with Crippen LogP contribution in [-0.2, 0) is 11.2 Å². The van der Waals surface area contributed by atoms with Crippen LogP contribution in [0.15, 0.2) is 23.4 Å². The molecule has 0 aliphatic rings. The van der Waals surface area contributed by atoms with Crippen LogP contribution in [0.2, 0.25) is 10.0 Å². The number of carbonyl (C=O) groups is 1. The zero-order valence-corrected chi connectivity index (χ0v) is 13.5. The summed E-state index contributed by atoms with van der Waals surface area (Å²) in [5.74, 6) is -0.213. The third-order valence-corrected chi connectivity index (χ3v) is 4.31. The van der Waals surface area contributed by atoms with Crippen molar-refractivity contribution in [3.63, 3.8) is 0 Å². The van der Waals surface area contributed by atoms with Crippen LogP contribution in [0.5, 0.6) is 0 Å². The second-order valence-electron chi connectivity index (χ2n) is 4.27. The minimum atomic E-state index is -0.902. The first kappa shape index (κ1) is 16.1. The molecule has 1 aromatic heterocycles. The third kappa shape index (κ3) is 3.90. The predicted octanol–water partition coefficient (Wildman–Crippen LogP) is 3.70. The summed E-state index contributed by atoms with van der Waals surface area (Å²) in [4.78, 5) is 10.7. The van der Waals surface area contributed by atoms with Crippen molar-refractivity contribution in [2.45, 2.75) is 24.9 Å². The molecule has 0 amide bonds. The lowest BCUT2D eigenvalue weighted by Gasteiger charge is -2.10. The number of hydrogen-bond acceptors (Lipinski definition) is 4. The molecule has 0 saturated heterocycles. The van der Waals surface area contributed by atoms with E-state index in [9.17, 15) is 4.79 Å². The quantitative estimate of drug-likeness (QED) is 0.808. The van der Waals surface area contributed by atoms with E-state index in [1.165, 1.54) is 0 Å². The zero-order chi connectivity index (χ0) is 15.4. The fraction of sp³-hybridized carbons (Fsp3) is 0.308. The van der Waals surface area contributed by atoms with E-state index in [1.807, 2.05) is 17.6 Å². The van der Waals surface area contributed by atoms with Crippen molar-refractivity contribution in [2.24, 2.45) is 0 Å². The van der Waals surface area contributed by atoms with Crippen LogP contribution < -0.4 is 0 Å². The molecule has 0 bridgehead atoms. The highest BCUT2D eigenvalue weighted by Crippen LogP contribution is 2.28. The molecule has 0 spiro atoms. The minimum absolute atomic E-state index is 0.0778. The van der Waals surface area contributed by atoms with Crippen LogP contribution in [-0.4, -0.2) is 31.6 Å². The number of aromatic nitrogens is 3. The average Bonchev–Trinajstić information content (AvgIpc) is 2.83. The number of rotatable bonds is 6. The standard InChI is InChI=1S/C13H13Cl2N3O2S/c1-2-3-11-16-17-13(21-7-12(19)20)18(11)8-4-5-9(14)10(15)6-8/h4-6H,2-3,7H2,1H3,(H,19,20). The Morgan fingerprint density at radius 3 is 2.71 bits per heavy atom. The first-order chi connectivity index (χ1) is 10.0. The number of halogens is 2. The maximum absolute atomic E-state index is 10.7. The number of thioether (sulfide) groups is 1. The van der Waals surface area contributed by atoms with Gasteiger partial charge in [0.2, 0.25) is 0 Å². The summed E-state index contributed by atoms with van der Waals surface area (Å²) in [6.07, 6.45) is 1.64. The van der Waals surface area contributed by atoms with Gasteiger partial charge in [-0.15, -0.1) is 10.2 Å². The number of carboxylic acid groups (broad SMARTS) is 1. The van der Waals surface area contributed by atoms with Gasteiger partial charge in [0.1, 0.15) is 5.82 Å². The summed E-state index contributed by atoms with van der Waals surface area (Å²) in [6, 6.07) is 5.22. The van der Waals surface area contributed by atoms with E-state index < -0.39 is 5.97 Å². The van der Waals surface area contributed by atoms with Crippen molar-refractivity contribution in [3.8, 4) is 5.69 Å². The van der Waals surface area contributed by atoms with Crippen LogP contribution in [0.1, 0.15) is 19.2 Å². The smallest absolute Gasteiger partial charge is 0.313 e. The van der Waals surface area contributed by atoms with Gasteiger partial charge < -0.3 is 5.11 Å². The van der Waals surface area contributed by atoms with Crippen molar-refractivity contribution in [2.75, 3.05) is 5.75 Å². The Morgan fingerprint density at radius 1 is 1.33 bits per heavy atom. The minimum Gasteiger partial charge on any atom is -0.481 e. The number of nitrogens with zero attached hydrogens (tertiary/aromatic N) is 3. The number of carboxylic acids is 1. The number of benzene rings is 1. The number of hydrogen-bond donors (Lipinski definition) is 1. The lowest BCUT2D eigenvalue weighted by molar-refractivity contribution is -0.133. The normalized spacial score (nSPS) is 10.8. The summed E-state index contributed by atoms with van der Waals surface area (Å²) in [5.41, 5.74) is 0.769. The number of aryl methyl sites for hydroxylation is 1. The highest BCUT2D eigenvalue weighted by Gasteiger charge is 2.15. The highest BCUT2D eigenvalue weighted by molar-refractivity contribution is 7.99. The summed E-state index contributed by atoms with van der Waals surface area (Å²) >= 11 is 13.1. The van der Waals surface area contributed by atoms with Crippen LogP contribution in [0.4, 0.5) is 0 Å². The molecule has 0 saturated carbocycles. The van der Waals surface area contributed by atoms with E-state index in [4.69, 9.17) is 28.3 Å². The molecule has 112 valence electrons. The van der Waals surface area contributed by atoms with Gasteiger partial charge in [0.15, 0.2) is 5.16 Å². The molecule has 0 unspecified atom stereocenters. The molecule has 2 aromatic rings. The Balaban J connectivity index is 2.44. The van der Waals surface area contributed by atoms with Gasteiger partial charge in [0.25, 0.3) is 0 Å². The van der Waals surface area contributed by atoms with Crippen LogP contribution in [0.3, 0.4) is 0 Å². The molecular formula is C13H13Cl2N3O2S. The van der Waals surface area contributed by atoms with Crippen molar-refractivity contribution >= 4 is 40.9 Å². The summed E-state index contributed by atoms with van der Waals surface area (Å²) in [6.45, 7) is 2.04. The SMILES string of the molecule is CCCc1nnc(SCC(=O)O)n1-c1ccc(Cl)c(Cl)c1. The Bertz CT molecular complexity index is 661. The van der Waals surface area contributed by atoms with Crippen LogP contribution in [0.25, 0.3) is 5.69 Å². The molecule has 1 N–H and O–H groups in total. The molecule has 0 atom stereocenters. The summed E-state index contributed by atoms with van der Waals surface area (Å²) < 4.78 is 1.82. The van der Waals surface area contributed by atoms with Gasteiger partial charge in [-0.2, -0.15) is 0 Å². The van der Waals surface area contributed by atoms with Gasteiger partial charge in [-0.3, -0.25) is 9.36 Å². The molecule has 21 heavy (non-hydrogen) atoms. The largest absolute Gasteiger partial charge is 0.481 e. The molecule has 1 heterocycles. The van der Waals surface area contributed by atoms with Gasteiger partial charge >= 0.3 is 5.97 Å². The van der Waals surface area contributed by atoms with E-state index in [1.54, 1.807) is 12.1 Å². The molecule has 0 aliphatic carbocycles. The molecular weight excluding hydrogens is 333 g/mol. The summed E-state index contributed by atoms with van der Waals surface area (Å²) in [5, 5.41) is 18.4. The number of aliphatic carboxylic acids is 1. The lowest BCUT2D eigenvalue weighted by Crippen LogP contribution is -2.05. The second-order valence-corrected chi connectivity index (χ2v) is 6.02. The Hall–Kier alpha value is -1.24. The van der Waals surface area contributed by atoms with E-state index in [-0.39, 0.29) is 5.75 Å². The van der Waals surface area contributed by atoms with Crippen molar-refractivity contribution in [1.82, 2.24) is 14.8 Å². The van der Waals surface area contributed by atoms with E-state index in [0.717, 1.165) is 36.1 Å². The van der Waals surface area contributed by atoms with Crippen molar-refractivity contribution in [3.05, 3.63) is 34.1 Å². The maximum atomic E-state index is 10.7. The average molecular weight is 346 g/mol. The maximum Gasteiger partial charge on any atom is 0.313 e. The fourth-order valence-electron chi connectivity index (χ4n) is 1.79. The third-order valence-electron chi connectivity index (χ3n) is 2.66. The Labute approximate surface area is 136 Å². The van der Waals surface area contributed by atoms with E-state index in [0.29, 0.717) is 15.2 Å². The van der Waals surface area contributed by atoms with Gasteiger partial charge in [-0.05, 0) is 24.6 Å². The predicted molar refractivity (Wildman–Crippen MR) is 83.7 cm³/mol. The van der Waals surface area contributed by atoms with Gasteiger partial charge in [0.05, 0.1) is 21.5 Å². The Morgan fingerprint density at radius 2 is 2.10 bits per heavy atom. The van der Waals surface area contributed by atoms with Gasteiger partial charge in [-0.25, -0.2) is 0 Å². The van der Waals surface area contributed by atoms with Gasteiger partial charge in [0, 0.05) is 6.42 Å². The fourth-order valence-corrected chi connectivity index (χ4v) is 2.77. The first-order valence-electron chi connectivity index (χ1n) is 6.27. The van der Waals surface area contributed by atoms with Crippen LogP contribution in [0, 0.1) is 0 Å². The molecule has 0 fully saturated rings. The van der Waals surface area contributed by atoms with E-state index in [2.05, 4.69) is 10.2 Å². The molecule has 0 aliphatic heterocycles. The van der Waals surface area contributed by atoms with Crippen molar-refractivity contribution in [1.29, 1.82) is 0 Å². The lowest BCUT2D eigenvalue weighted by atomic mass is 10.3. The molecule has 1 aromatic carbocycles. The highest BCUT2D eigenvalue weighted by atomic mass is 35.5. The Kier molecular flexibility index (Phi) is 5.50. The molecule has 2 rings (SSSR count). The van der Waals surface area contributed by atoms with E-state index >= 15 is 0 Å². The summed E-state index contributed by atoms with van der Waals surface area (Å²) in [7, 11) is 0. The topological polar surface area (TPSA) is 68.0 Å². The second kappa shape index (κ2) is 7.15. The first-order valence-corrected chi connectivity index (χ1v) is 8.01. The van der Waals surface area contributed by atoms with Crippen LogP contribution >= 0.6 is 35.0 Å². The molecule has 0 radical (unpaired) electrons. The van der Waals surface area contributed by atoms with Crippen molar-refractivity contribution < 1.29 is 9.90 Å². The van der Waals surface area contributed by atoms with Gasteiger partial charge in [-0.1, -0.05) is 41.9 Å². The monoisotopic (exact) mass is 345 g/mol. The molecule has 5 nitrogen and oxygen atoms in total.